The molecule has 148 valence electrons. The second kappa shape index (κ2) is 17.0. The molecule has 3 nitrogen and oxygen atoms in total. The number of rotatable bonds is 16. The third-order valence-corrected chi connectivity index (χ3v) is 5.50. The summed E-state index contributed by atoms with van der Waals surface area (Å²) in [6.07, 6.45) is 21.4. The molecule has 1 saturated heterocycles. The van der Waals surface area contributed by atoms with Gasteiger partial charge in [0.05, 0.1) is 19.6 Å². The zero-order valence-electron chi connectivity index (χ0n) is 17.0. The number of hydrogen-bond donors (Lipinski definition) is 1. The number of nitrogens with one attached hydrogen (secondary N) is 1. The molecule has 0 radical (unpaired) electrons. The molecule has 0 bridgehead atoms. The SMILES string of the molecule is CCCCCCCCCCCCCCCCCC(=O)[NH+]1CCOCC1. The number of ether oxygens (including phenoxy) is 1. The minimum atomic E-state index is 0.415. The Bertz CT molecular complexity index is 300. The molecule has 0 unspecified atom stereocenters. The number of hydrogen-bond acceptors (Lipinski definition) is 2. The maximum absolute atomic E-state index is 12.0. The van der Waals surface area contributed by atoms with Crippen LogP contribution in [0.3, 0.4) is 0 Å². The summed E-state index contributed by atoms with van der Waals surface area (Å²) in [6, 6.07) is 0. The third-order valence-electron chi connectivity index (χ3n) is 5.50. The van der Waals surface area contributed by atoms with Gasteiger partial charge in [-0.2, -0.15) is 0 Å². The maximum Gasteiger partial charge on any atom is 0.312 e. The molecule has 1 rings (SSSR count). The van der Waals surface area contributed by atoms with Crippen molar-refractivity contribution >= 4 is 5.91 Å². The van der Waals surface area contributed by atoms with Crippen molar-refractivity contribution < 1.29 is 14.4 Å². The summed E-state index contributed by atoms with van der Waals surface area (Å²) in [5.41, 5.74) is 0. The van der Waals surface area contributed by atoms with Crippen molar-refractivity contribution in [1.29, 1.82) is 0 Å². The van der Waals surface area contributed by atoms with E-state index >= 15 is 0 Å². The van der Waals surface area contributed by atoms with Crippen LogP contribution in [0.25, 0.3) is 0 Å². The normalized spacial score (nSPS) is 15.6. The number of quaternary nitrogens is 1. The van der Waals surface area contributed by atoms with Crippen LogP contribution < -0.4 is 4.90 Å². The van der Waals surface area contributed by atoms with Gasteiger partial charge in [0.2, 0.25) is 0 Å². The lowest BCUT2D eigenvalue weighted by molar-refractivity contribution is -0.830. The van der Waals surface area contributed by atoms with Gasteiger partial charge in [-0.3, -0.25) is 4.90 Å². The monoisotopic (exact) mass is 354 g/mol. The van der Waals surface area contributed by atoms with Gasteiger partial charge in [0.25, 0.3) is 0 Å². The van der Waals surface area contributed by atoms with E-state index in [1.54, 1.807) is 0 Å². The Balaban J connectivity index is 1.73. The molecule has 0 spiro atoms. The van der Waals surface area contributed by atoms with Crippen molar-refractivity contribution in [3.8, 4) is 0 Å². The van der Waals surface area contributed by atoms with E-state index in [-0.39, 0.29) is 0 Å². The highest BCUT2D eigenvalue weighted by molar-refractivity contribution is 5.66. The lowest BCUT2D eigenvalue weighted by Crippen LogP contribution is -3.16. The number of morpholine rings is 1. The highest BCUT2D eigenvalue weighted by Gasteiger charge is 2.21. The smallest absolute Gasteiger partial charge is 0.312 e. The van der Waals surface area contributed by atoms with E-state index < -0.39 is 0 Å². The largest absolute Gasteiger partial charge is 0.370 e. The number of carbonyl (C=O) groups excluding carboxylic acids is 1. The zero-order chi connectivity index (χ0) is 18.0. The first-order valence-electron chi connectivity index (χ1n) is 11.3. The Morgan fingerprint density at radius 3 is 1.52 bits per heavy atom. The first kappa shape index (κ1) is 22.6. The van der Waals surface area contributed by atoms with Gasteiger partial charge in [-0.25, -0.2) is 4.79 Å². The molecule has 1 amide bonds. The summed E-state index contributed by atoms with van der Waals surface area (Å²) in [5, 5.41) is 0. The van der Waals surface area contributed by atoms with Gasteiger partial charge in [-0.15, -0.1) is 0 Å². The molecule has 1 fully saturated rings. The third kappa shape index (κ3) is 13.5. The minimum Gasteiger partial charge on any atom is -0.370 e. The molecule has 1 heterocycles. The zero-order valence-corrected chi connectivity index (χ0v) is 17.0. The first-order chi connectivity index (χ1) is 12.3. The van der Waals surface area contributed by atoms with E-state index in [1.165, 1.54) is 89.9 Å². The fraction of sp³-hybridized carbons (Fsp3) is 0.955. The van der Waals surface area contributed by atoms with E-state index in [4.69, 9.17) is 4.74 Å². The summed E-state index contributed by atoms with van der Waals surface area (Å²) >= 11 is 0. The van der Waals surface area contributed by atoms with E-state index in [0.717, 1.165) is 44.0 Å². The predicted molar refractivity (Wildman–Crippen MR) is 106 cm³/mol. The van der Waals surface area contributed by atoms with E-state index in [2.05, 4.69) is 6.92 Å². The van der Waals surface area contributed by atoms with Crippen molar-refractivity contribution in [1.82, 2.24) is 0 Å². The van der Waals surface area contributed by atoms with Crippen LogP contribution in [0, 0.1) is 0 Å². The van der Waals surface area contributed by atoms with Gasteiger partial charge in [-0.05, 0) is 6.42 Å². The molecule has 3 heteroatoms. The molecular formula is C22H44NO2+. The summed E-state index contributed by atoms with van der Waals surface area (Å²) in [5.74, 6) is 0.415. The molecule has 25 heavy (non-hydrogen) atoms. The Kier molecular flexibility index (Phi) is 15.4. The van der Waals surface area contributed by atoms with Crippen molar-refractivity contribution in [2.24, 2.45) is 0 Å². The molecule has 0 atom stereocenters. The number of carbonyl (C=O) groups is 1. The van der Waals surface area contributed by atoms with E-state index in [9.17, 15) is 4.79 Å². The average Bonchev–Trinajstić information content (AvgIpc) is 2.65. The second-order valence-corrected chi connectivity index (χ2v) is 7.84. The lowest BCUT2D eigenvalue weighted by atomic mass is 10.0. The van der Waals surface area contributed by atoms with Crippen LogP contribution in [0.2, 0.25) is 0 Å². The van der Waals surface area contributed by atoms with Crippen molar-refractivity contribution in [2.45, 2.75) is 110 Å². The van der Waals surface area contributed by atoms with Crippen LogP contribution in [0.1, 0.15) is 110 Å². The molecule has 0 aliphatic carbocycles. The summed E-state index contributed by atoms with van der Waals surface area (Å²) in [4.78, 5) is 13.2. The van der Waals surface area contributed by atoms with Gasteiger partial charge in [-0.1, -0.05) is 96.8 Å². The van der Waals surface area contributed by atoms with Crippen LogP contribution in [-0.2, 0) is 9.53 Å². The summed E-state index contributed by atoms with van der Waals surface area (Å²) in [7, 11) is 0. The molecule has 1 aliphatic heterocycles. The van der Waals surface area contributed by atoms with Crippen molar-refractivity contribution in [3.63, 3.8) is 0 Å². The number of amides is 1. The molecule has 0 aromatic rings. The minimum absolute atomic E-state index is 0.415. The lowest BCUT2D eigenvalue weighted by Gasteiger charge is -2.21. The summed E-state index contributed by atoms with van der Waals surface area (Å²) < 4.78 is 5.31. The molecule has 0 saturated carbocycles. The Morgan fingerprint density at radius 1 is 0.680 bits per heavy atom. The molecular weight excluding hydrogens is 310 g/mol. The Morgan fingerprint density at radius 2 is 1.08 bits per heavy atom. The van der Waals surface area contributed by atoms with Crippen molar-refractivity contribution in [2.75, 3.05) is 26.3 Å². The maximum atomic E-state index is 12.0. The molecule has 0 aromatic heterocycles. The molecule has 1 N–H and O–H groups in total. The quantitative estimate of drug-likeness (QED) is 0.408. The van der Waals surface area contributed by atoms with Crippen LogP contribution in [0.4, 0.5) is 0 Å². The summed E-state index contributed by atoms with van der Waals surface area (Å²) in [6.45, 7) is 5.53. The molecule has 1 aliphatic rings. The van der Waals surface area contributed by atoms with Crippen LogP contribution >= 0.6 is 0 Å². The number of unbranched alkanes of at least 4 members (excludes halogenated alkanes) is 14. The van der Waals surface area contributed by atoms with Crippen molar-refractivity contribution in [3.05, 3.63) is 0 Å². The predicted octanol–water partition coefficient (Wildman–Crippen LogP) is 4.69. The van der Waals surface area contributed by atoms with Crippen LogP contribution in [-0.4, -0.2) is 32.2 Å². The van der Waals surface area contributed by atoms with Gasteiger partial charge < -0.3 is 4.74 Å². The van der Waals surface area contributed by atoms with Crippen LogP contribution in [0.5, 0.6) is 0 Å². The van der Waals surface area contributed by atoms with Gasteiger partial charge in [0.1, 0.15) is 13.1 Å². The average molecular weight is 355 g/mol. The van der Waals surface area contributed by atoms with Crippen LogP contribution in [0.15, 0.2) is 0 Å². The Labute approximate surface area is 156 Å². The second-order valence-electron chi connectivity index (χ2n) is 7.84. The van der Waals surface area contributed by atoms with Gasteiger partial charge in [0.15, 0.2) is 0 Å². The topological polar surface area (TPSA) is 30.7 Å². The highest BCUT2D eigenvalue weighted by atomic mass is 16.5. The van der Waals surface area contributed by atoms with Gasteiger partial charge >= 0.3 is 5.91 Å². The standard InChI is InChI=1S/C22H43NO2/c1-2-3-4-5-6-7-8-9-10-11-12-13-14-15-16-17-22(24)23-18-20-25-21-19-23/h2-21H2,1H3/p+1. The Hall–Kier alpha value is -0.410. The van der Waals surface area contributed by atoms with Gasteiger partial charge in [0, 0.05) is 0 Å². The fourth-order valence-electron chi connectivity index (χ4n) is 3.73. The highest BCUT2D eigenvalue weighted by Crippen LogP contribution is 2.13. The fourth-order valence-corrected chi connectivity index (χ4v) is 3.73. The van der Waals surface area contributed by atoms with E-state index in [0.29, 0.717) is 5.91 Å². The molecule has 0 aromatic carbocycles. The van der Waals surface area contributed by atoms with E-state index in [1.807, 2.05) is 0 Å². The first-order valence-corrected chi connectivity index (χ1v) is 11.3.